The third kappa shape index (κ3) is 1.61. The smallest absolute Gasteiger partial charge is 0.314 e. The number of carbonyl (C=O) groups is 1. The maximum absolute atomic E-state index is 11.5. The van der Waals surface area contributed by atoms with E-state index in [-0.39, 0.29) is 0 Å². The van der Waals surface area contributed by atoms with Crippen LogP contribution in [0.3, 0.4) is 0 Å². The molecular formula is C16H14O2. The molecular weight excluding hydrogens is 224 g/mol. The summed E-state index contributed by atoms with van der Waals surface area (Å²) in [4.78, 5) is 11.5. The molecule has 90 valence electrons. The lowest BCUT2D eigenvalue weighted by molar-refractivity contribution is -0.140. The first-order valence-corrected chi connectivity index (χ1v) is 6.12. The highest BCUT2D eigenvalue weighted by Crippen LogP contribution is 2.51. The number of aliphatic carboxylic acids is 1. The molecule has 1 fully saturated rings. The molecule has 0 aliphatic heterocycles. The molecule has 0 radical (unpaired) electrons. The van der Waals surface area contributed by atoms with Crippen molar-refractivity contribution in [1.82, 2.24) is 0 Å². The predicted molar refractivity (Wildman–Crippen MR) is 70.4 cm³/mol. The number of carboxylic acid groups (broad SMARTS) is 1. The average molecular weight is 238 g/mol. The molecule has 1 N–H and O–H groups in total. The van der Waals surface area contributed by atoms with Crippen LogP contribution in [-0.2, 0) is 10.2 Å². The second kappa shape index (κ2) is 3.98. The van der Waals surface area contributed by atoms with Crippen LogP contribution in [0.2, 0.25) is 0 Å². The monoisotopic (exact) mass is 238 g/mol. The normalized spacial score (nSPS) is 16.2. The molecule has 2 heteroatoms. The SMILES string of the molecule is O=C(O)C1(c2ccccc2-c2ccccc2)CC1. The van der Waals surface area contributed by atoms with E-state index in [1.807, 2.05) is 54.6 Å². The van der Waals surface area contributed by atoms with Crippen molar-refractivity contribution in [3.63, 3.8) is 0 Å². The molecule has 0 unspecified atom stereocenters. The summed E-state index contributed by atoms with van der Waals surface area (Å²) in [6.45, 7) is 0. The molecule has 0 saturated heterocycles. The second-order valence-electron chi connectivity index (χ2n) is 4.80. The summed E-state index contributed by atoms with van der Waals surface area (Å²) in [6, 6.07) is 17.8. The lowest BCUT2D eigenvalue weighted by Crippen LogP contribution is -2.20. The molecule has 18 heavy (non-hydrogen) atoms. The van der Waals surface area contributed by atoms with Gasteiger partial charge in [0.25, 0.3) is 0 Å². The molecule has 2 aromatic carbocycles. The van der Waals surface area contributed by atoms with Gasteiger partial charge in [-0.3, -0.25) is 4.79 Å². The van der Waals surface area contributed by atoms with Crippen LogP contribution in [0.4, 0.5) is 0 Å². The highest BCUT2D eigenvalue weighted by Gasteiger charge is 2.52. The van der Waals surface area contributed by atoms with E-state index in [0.29, 0.717) is 0 Å². The molecule has 1 aliphatic carbocycles. The maximum Gasteiger partial charge on any atom is 0.314 e. The Morgan fingerprint density at radius 3 is 2.17 bits per heavy atom. The van der Waals surface area contributed by atoms with Crippen LogP contribution in [0.1, 0.15) is 18.4 Å². The van der Waals surface area contributed by atoms with E-state index in [1.165, 1.54) is 0 Å². The van der Waals surface area contributed by atoms with Crippen LogP contribution in [0, 0.1) is 0 Å². The van der Waals surface area contributed by atoms with Gasteiger partial charge in [-0.05, 0) is 29.5 Å². The van der Waals surface area contributed by atoms with Crippen molar-refractivity contribution in [2.45, 2.75) is 18.3 Å². The fourth-order valence-corrected chi connectivity index (χ4v) is 2.49. The summed E-state index contributed by atoms with van der Waals surface area (Å²) in [7, 11) is 0. The van der Waals surface area contributed by atoms with Crippen LogP contribution >= 0.6 is 0 Å². The van der Waals surface area contributed by atoms with Crippen molar-refractivity contribution in [3.8, 4) is 11.1 Å². The summed E-state index contributed by atoms with van der Waals surface area (Å²) >= 11 is 0. The molecule has 0 heterocycles. The maximum atomic E-state index is 11.5. The van der Waals surface area contributed by atoms with Crippen molar-refractivity contribution >= 4 is 5.97 Å². The molecule has 0 atom stereocenters. The van der Waals surface area contributed by atoms with Gasteiger partial charge >= 0.3 is 5.97 Å². The molecule has 0 amide bonds. The first kappa shape index (κ1) is 11.0. The van der Waals surface area contributed by atoms with E-state index >= 15 is 0 Å². The quantitative estimate of drug-likeness (QED) is 0.889. The van der Waals surface area contributed by atoms with Crippen molar-refractivity contribution in [2.75, 3.05) is 0 Å². The topological polar surface area (TPSA) is 37.3 Å². The van der Waals surface area contributed by atoms with Crippen molar-refractivity contribution in [3.05, 3.63) is 60.2 Å². The molecule has 1 saturated carbocycles. The zero-order chi connectivity index (χ0) is 12.6. The first-order valence-electron chi connectivity index (χ1n) is 6.12. The number of carboxylic acids is 1. The zero-order valence-electron chi connectivity index (χ0n) is 9.97. The molecule has 0 spiro atoms. The summed E-state index contributed by atoms with van der Waals surface area (Å²) in [6.07, 6.45) is 1.48. The number of hydrogen-bond acceptors (Lipinski definition) is 1. The second-order valence-corrected chi connectivity index (χ2v) is 4.80. The van der Waals surface area contributed by atoms with E-state index in [2.05, 4.69) is 0 Å². The highest BCUT2D eigenvalue weighted by atomic mass is 16.4. The van der Waals surface area contributed by atoms with E-state index in [9.17, 15) is 9.90 Å². The third-order valence-electron chi connectivity index (χ3n) is 3.69. The lowest BCUT2D eigenvalue weighted by atomic mass is 9.88. The van der Waals surface area contributed by atoms with E-state index < -0.39 is 11.4 Å². The van der Waals surface area contributed by atoms with Gasteiger partial charge in [0.05, 0.1) is 5.41 Å². The molecule has 1 aliphatic rings. The minimum absolute atomic E-state index is 0.646. The highest BCUT2D eigenvalue weighted by molar-refractivity contribution is 5.88. The Morgan fingerprint density at radius 1 is 0.944 bits per heavy atom. The standard InChI is InChI=1S/C16H14O2/c17-15(18)16(10-11-16)14-9-5-4-8-13(14)12-6-2-1-3-7-12/h1-9H,10-11H2,(H,17,18). The van der Waals surface area contributed by atoms with Gasteiger partial charge in [-0.25, -0.2) is 0 Å². The fraction of sp³-hybridized carbons (Fsp3) is 0.188. The van der Waals surface area contributed by atoms with Crippen molar-refractivity contribution in [2.24, 2.45) is 0 Å². The fourth-order valence-electron chi connectivity index (χ4n) is 2.49. The Balaban J connectivity index is 2.15. The predicted octanol–water partition coefficient (Wildman–Crippen LogP) is 3.47. The van der Waals surface area contributed by atoms with E-state index in [1.54, 1.807) is 0 Å². The van der Waals surface area contributed by atoms with Crippen LogP contribution in [-0.4, -0.2) is 11.1 Å². The molecule has 2 nitrogen and oxygen atoms in total. The van der Waals surface area contributed by atoms with Crippen molar-refractivity contribution in [1.29, 1.82) is 0 Å². The van der Waals surface area contributed by atoms with Gasteiger partial charge in [0.1, 0.15) is 0 Å². The Morgan fingerprint density at radius 2 is 1.56 bits per heavy atom. The van der Waals surface area contributed by atoms with Crippen LogP contribution in [0.5, 0.6) is 0 Å². The van der Waals surface area contributed by atoms with Crippen LogP contribution in [0.15, 0.2) is 54.6 Å². The largest absolute Gasteiger partial charge is 0.481 e. The third-order valence-corrected chi connectivity index (χ3v) is 3.69. The minimum atomic E-state index is -0.703. The molecule has 2 aromatic rings. The minimum Gasteiger partial charge on any atom is -0.481 e. The lowest BCUT2D eigenvalue weighted by Gasteiger charge is -2.15. The van der Waals surface area contributed by atoms with Gasteiger partial charge in [0.15, 0.2) is 0 Å². The van der Waals surface area contributed by atoms with Gasteiger partial charge < -0.3 is 5.11 Å². The number of hydrogen-bond donors (Lipinski definition) is 1. The Hall–Kier alpha value is -2.09. The Bertz CT molecular complexity index is 583. The summed E-state index contributed by atoms with van der Waals surface area (Å²) < 4.78 is 0. The van der Waals surface area contributed by atoms with E-state index in [0.717, 1.165) is 29.5 Å². The summed E-state index contributed by atoms with van der Waals surface area (Å²) in [5.74, 6) is -0.703. The number of rotatable bonds is 3. The zero-order valence-corrected chi connectivity index (χ0v) is 9.97. The average Bonchev–Trinajstić information content (AvgIpc) is 3.21. The van der Waals surface area contributed by atoms with Gasteiger partial charge in [-0.2, -0.15) is 0 Å². The summed E-state index contributed by atoms with van der Waals surface area (Å²) in [5.41, 5.74) is 2.43. The molecule has 3 rings (SSSR count). The van der Waals surface area contributed by atoms with Crippen molar-refractivity contribution < 1.29 is 9.90 Å². The number of benzene rings is 2. The summed E-state index contributed by atoms with van der Waals surface area (Å²) in [5, 5.41) is 9.43. The van der Waals surface area contributed by atoms with E-state index in [4.69, 9.17) is 0 Å². The van der Waals surface area contributed by atoms with Crippen LogP contribution in [0.25, 0.3) is 11.1 Å². The molecule has 0 bridgehead atoms. The van der Waals surface area contributed by atoms with Gasteiger partial charge in [0, 0.05) is 0 Å². The van der Waals surface area contributed by atoms with Gasteiger partial charge in [0.2, 0.25) is 0 Å². The molecule has 0 aromatic heterocycles. The first-order chi connectivity index (χ1) is 8.74. The van der Waals surface area contributed by atoms with Crippen LogP contribution < -0.4 is 0 Å². The van der Waals surface area contributed by atoms with Gasteiger partial charge in [-0.1, -0.05) is 54.6 Å². The van der Waals surface area contributed by atoms with Gasteiger partial charge in [-0.15, -0.1) is 0 Å². The Kier molecular flexibility index (Phi) is 2.44. The Labute approximate surface area is 106 Å².